The fourth-order valence-electron chi connectivity index (χ4n) is 5.15. The summed E-state index contributed by atoms with van der Waals surface area (Å²) in [6.45, 7) is 0.515. The van der Waals surface area contributed by atoms with Crippen LogP contribution in [0.2, 0.25) is 0 Å². The first-order chi connectivity index (χ1) is 21.2. The average Bonchev–Trinajstić information content (AvgIpc) is 3.44. The monoisotopic (exact) mass is 602 g/mol. The second kappa shape index (κ2) is 13.6. The Labute approximate surface area is 253 Å². The van der Waals surface area contributed by atoms with Crippen molar-refractivity contribution in [1.29, 1.82) is 0 Å². The van der Waals surface area contributed by atoms with Crippen LogP contribution < -0.4 is 5.32 Å². The number of aromatic amines is 1. The highest BCUT2D eigenvalue weighted by molar-refractivity contribution is 6.02. The van der Waals surface area contributed by atoms with Crippen LogP contribution >= 0.6 is 0 Å². The highest BCUT2D eigenvalue weighted by atomic mass is 19.4. The summed E-state index contributed by atoms with van der Waals surface area (Å²) in [5, 5.41) is 5.79. The number of hydrogen-bond donors (Lipinski definition) is 2. The second-order valence-electron chi connectivity index (χ2n) is 10.5. The fourth-order valence-corrected chi connectivity index (χ4v) is 5.15. The van der Waals surface area contributed by atoms with Gasteiger partial charge in [-0.2, -0.15) is 13.2 Å². The molecular formula is C34H33F3N4O3. The van der Waals surface area contributed by atoms with Crippen LogP contribution in [-0.4, -0.2) is 60.1 Å². The highest BCUT2D eigenvalue weighted by Crippen LogP contribution is 2.29. The number of fused-ring (bicyclic) bond motifs is 2. The van der Waals surface area contributed by atoms with Gasteiger partial charge in [-0.15, -0.1) is 0 Å². The van der Waals surface area contributed by atoms with Crippen molar-refractivity contribution >= 4 is 39.3 Å². The van der Waals surface area contributed by atoms with Crippen LogP contribution in [0.25, 0.3) is 21.7 Å². The standard InChI is InChI=1S/C34H33F3N4O3/c1-44-20-19-41(33(43)39-31-12-6-8-25-7-2-3-9-28(25)31)23-32(42)40(22-24-13-15-27(16-14-24)34(35,36)37)18-17-26-21-38-30-11-5-4-10-29(26)30/h2-16,21,38H,17-20,22-23H2,1H3,(H,39,43). The molecule has 0 unspecified atom stereocenters. The molecular weight excluding hydrogens is 569 g/mol. The molecule has 5 aromatic rings. The summed E-state index contributed by atoms with van der Waals surface area (Å²) < 4.78 is 44.7. The lowest BCUT2D eigenvalue weighted by Crippen LogP contribution is -2.46. The van der Waals surface area contributed by atoms with E-state index in [2.05, 4.69) is 10.3 Å². The van der Waals surface area contributed by atoms with Crippen LogP contribution in [0.5, 0.6) is 0 Å². The topological polar surface area (TPSA) is 77.7 Å². The van der Waals surface area contributed by atoms with Gasteiger partial charge in [0.25, 0.3) is 0 Å². The van der Waals surface area contributed by atoms with Crippen LogP contribution in [0.3, 0.4) is 0 Å². The van der Waals surface area contributed by atoms with E-state index >= 15 is 0 Å². The zero-order valence-corrected chi connectivity index (χ0v) is 24.2. The van der Waals surface area contributed by atoms with Gasteiger partial charge in [-0.3, -0.25) is 4.79 Å². The number of benzene rings is 4. The van der Waals surface area contributed by atoms with E-state index in [1.54, 1.807) is 11.0 Å². The van der Waals surface area contributed by atoms with E-state index in [1.165, 1.54) is 24.1 Å². The summed E-state index contributed by atoms with van der Waals surface area (Å²) in [6.07, 6.45) is -2.05. The number of alkyl halides is 3. The number of urea groups is 1. The lowest BCUT2D eigenvalue weighted by Gasteiger charge is -2.28. The molecule has 2 N–H and O–H groups in total. The maximum absolute atomic E-state index is 13.8. The van der Waals surface area contributed by atoms with Gasteiger partial charge in [0, 0.05) is 49.2 Å². The van der Waals surface area contributed by atoms with E-state index in [0.717, 1.165) is 39.4 Å². The van der Waals surface area contributed by atoms with Gasteiger partial charge in [0.05, 0.1) is 17.9 Å². The van der Waals surface area contributed by atoms with Crippen molar-refractivity contribution in [3.8, 4) is 0 Å². The number of nitrogens with zero attached hydrogens (tertiary/aromatic N) is 2. The van der Waals surface area contributed by atoms with Crippen molar-refractivity contribution in [1.82, 2.24) is 14.8 Å². The molecule has 44 heavy (non-hydrogen) atoms. The molecule has 0 aliphatic carbocycles. The fraction of sp³-hybridized carbons (Fsp3) is 0.235. The van der Waals surface area contributed by atoms with Crippen molar-refractivity contribution in [3.63, 3.8) is 0 Å². The maximum Gasteiger partial charge on any atom is 0.416 e. The van der Waals surface area contributed by atoms with Gasteiger partial charge in [0.2, 0.25) is 5.91 Å². The summed E-state index contributed by atoms with van der Waals surface area (Å²) in [5.41, 5.74) is 2.39. The van der Waals surface area contributed by atoms with Crippen molar-refractivity contribution in [2.75, 3.05) is 38.7 Å². The second-order valence-corrected chi connectivity index (χ2v) is 10.5. The molecule has 0 bridgehead atoms. The number of carbonyl (C=O) groups is 2. The first-order valence-corrected chi connectivity index (χ1v) is 14.2. The van der Waals surface area contributed by atoms with Crippen molar-refractivity contribution in [2.24, 2.45) is 0 Å². The average molecular weight is 603 g/mol. The van der Waals surface area contributed by atoms with Crippen LogP contribution in [0, 0.1) is 0 Å². The largest absolute Gasteiger partial charge is 0.416 e. The van der Waals surface area contributed by atoms with E-state index < -0.39 is 17.8 Å². The maximum atomic E-state index is 13.8. The molecule has 3 amide bonds. The summed E-state index contributed by atoms with van der Waals surface area (Å²) in [4.78, 5) is 33.5. The molecule has 0 radical (unpaired) electrons. The number of rotatable bonds is 11. The van der Waals surface area contributed by atoms with Crippen molar-refractivity contribution in [3.05, 3.63) is 114 Å². The van der Waals surface area contributed by atoms with Gasteiger partial charge in [-0.05, 0) is 47.2 Å². The number of aromatic nitrogens is 1. The molecule has 1 heterocycles. The van der Waals surface area contributed by atoms with Crippen LogP contribution in [0.1, 0.15) is 16.7 Å². The van der Waals surface area contributed by atoms with Crippen LogP contribution in [0.15, 0.2) is 97.2 Å². The minimum atomic E-state index is -4.46. The first-order valence-electron chi connectivity index (χ1n) is 14.2. The summed E-state index contributed by atoms with van der Waals surface area (Å²) >= 11 is 0. The number of halogens is 3. The molecule has 4 aromatic carbocycles. The van der Waals surface area contributed by atoms with Gasteiger partial charge >= 0.3 is 12.2 Å². The van der Waals surface area contributed by atoms with E-state index in [4.69, 9.17) is 4.74 Å². The third-order valence-electron chi connectivity index (χ3n) is 7.54. The van der Waals surface area contributed by atoms with E-state index in [1.807, 2.05) is 66.9 Å². The number of carbonyl (C=O) groups excluding carboxylic acids is 2. The Morgan fingerprint density at radius 1 is 0.841 bits per heavy atom. The molecule has 5 rings (SSSR count). The Morgan fingerprint density at radius 3 is 2.30 bits per heavy atom. The molecule has 0 fully saturated rings. The normalized spacial score (nSPS) is 11.5. The number of para-hydroxylation sites is 1. The molecule has 0 atom stereocenters. The SMILES string of the molecule is COCCN(CC(=O)N(CCc1c[nH]c2ccccc12)Cc1ccc(C(F)(F)F)cc1)C(=O)Nc1cccc2ccccc12. The molecule has 7 nitrogen and oxygen atoms in total. The highest BCUT2D eigenvalue weighted by Gasteiger charge is 2.30. The third kappa shape index (κ3) is 7.38. The molecule has 0 saturated heterocycles. The summed E-state index contributed by atoms with van der Waals surface area (Å²) in [5.74, 6) is -0.339. The van der Waals surface area contributed by atoms with E-state index in [9.17, 15) is 22.8 Å². The molecule has 1 aromatic heterocycles. The van der Waals surface area contributed by atoms with Crippen LogP contribution in [-0.2, 0) is 28.7 Å². The number of nitrogens with one attached hydrogen (secondary N) is 2. The van der Waals surface area contributed by atoms with Gasteiger partial charge in [-0.25, -0.2) is 4.79 Å². The lowest BCUT2D eigenvalue weighted by atomic mass is 10.1. The van der Waals surface area contributed by atoms with E-state index in [-0.39, 0.29) is 32.1 Å². The first kappa shape index (κ1) is 30.6. The molecule has 10 heteroatoms. The Bertz CT molecular complexity index is 1730. The number of ether oxygens (including phenoxy) is 1. The molecule has 0 spiro atoms. The lowest BCUT2D eigenvalue weighted by molar-refractivity contribution is -0.137. The number of H-pyrrole nitrogens is 1. The number of anilines is 1. The minimum absolute atomic E-state index is 0.0857. The predicted octanol–water partition coefficient (Wildman–Crippen LogP) is 7.09. The quantitative estimate of drug-likeness (QED) is 0.169. The third-order valence-corrected chi connectivity index (χ3v) is 7.54. The number of methoxy groups -OCH3 is 1. The Balaban J connectivity index is 1.36. The Morgan fingerprint density at radius 2 is 1.55 bits per heavy atom. The van der Waals surface area contributed by atoms with Gasteiger partial charge in [0.15, 0.2) is 0 Å². The number of hydrogen-bond acceptors (Lipinski definition) is 3. The van der Waals surface area contributed by atoms with Gasteiger partial charge < -0.3 is 24.8 Å². The summed E-state index contributed by atoms with van der Waals surface area (Å²) in [6, 6.07) is 25.4. The smallest absolute Gasteiger partial charge is 0.383 e. The minimum Gasteiger partial charge on any atom is -0.383 e. The molecule has 0 aliphatic rings. The molecule has 0 aliphatic heterocycles. The zero-order chi connectivity index (χ0) is 31.1. The Kier molecular flexibility index (Phi) is 9.50. The van der Waals surface area contributed by atoms with Crippen LogP contribution in [0.4, 0.5) is 23.7 Å². The number of amides is 3. The zero-order valence-electron chi connectivity index (χ0n) is 24.2. The van der Waals surface area contributed by atoms with Crippen molar-refractivity contribution < 1.29 is 27.5 Å². The van der Waals surface area contributed by atoms with Crippen molar-refractivity contribution in [2.45, 2.75) is 19.1 Å². The Hall–Kier alpha value is -4.83. The van der Waals surface area contributed by atoms with Gasteiger partial charge in [0.1, 0.15) is 6.54 Å². The molecule has 0 saturated carbocycles. The van der Waals surface area contributed by atoms with E-state index in [0.29, 0.717) is 24.2 Å². The molecule has 228 valence electrons. The van der Waals surface area contributed by atoms with Gasteiger partial charge in [-0.1, -0.05) is 66.7 Å². The predicted molar refractivity (Wildman–Crippen MR) is 165 cm³/mol. The summed E-state index contributed by atoms with van der Waals surface area (Å²) in [7, 11) is 1.51.